The monoisotopic (exact) mass is 346 g/mol. The lowest BCUT2D eigenvalue weighted by Crippen LogP contribution is -2.44. The molecule has 1 aliphatic heterocycles. The Hall–Kier alpha value is -1.34. The van der Waals surface area contributed by atoms with E-state index >= 15 is 0 Å². The summed E-state index contributed by atoms with van der Waals surface area (Å²) in [6, 6.07) is -0.103. The highest BCUT2D eigenvalue weighted by atomic mass is 35.5. The van der Waals surface area contributed by atoms with Crippen LogP contribution in [0.2, 0.25) is 0 Å². The highest BCUT2D eigenvalue weighted by Gasteiger charge is 2.33. The van der Waals surface area contributed by atoms with Gasteiger partial charge in [-0.25, -0.2) is 4.79 Å². The van der Waals surface area contributed by atoms with Crippen LogP contribution in [0.4, 0.5) is 4.79 Å². The zero-order chi connectivity index (χ0) is 16.1. The summed E-state index contributed by atoms with van der Waals surface area (Å²) in [5, 5.41) is 3.06. The molecule has 0 aromatic rings. The lowest BCUT2D eigenvalue weighted by Gasteiger charge is -2.31. The zero-order valence-electron chi connectivity index (χ0n) is 13.6. The lowest BCUT2D eigenvalue weighted by molar-refractivity contribution is -0.126. The molecule has 23 heavy (non-hydrogen) atoms. The SMILES string of the molecule is CN1CC(=O)N(CCCC(=O)NC2CCCCC2CN)C1=O.Cl. The van der Waals surface area contributed by atoms with Gasteiger partial charge < -0.3 is 16.0 Å². The third-order valence-corrected chi connectivity index (χ3v) is 4.57. The van der Waals surface area contributed by atoms with Crippen molar-refractivity contribution in [3.8, 4) is 0 Å². The molecule has 8 heteroatoms. The van der Waals surface area contributed by atoms with Crippen LogP contribution in [-0.2, 0) is 9.59 Å². The summed E-state index contributed by atoms with van der Waals surface area (Å²) in [5.41, 5.74) is 5.76. The quantitative estimate of drug-likeness (QED) is 0.692. The first-order valence-electron chi connectivity index (χ1n) is 8.07. The molecule has 2 atom stereocenters. The van der Waals surface area contributed by atoms with Crippen LogP contribution in [0.1, 0.15) is 38.5 Å². The summed E-state index contributed by atoms with van der Waals surface area (Å²) in [6.45, 7) is 1.04. The number of nitrogens with one attached hydrogen (secondary N) is 1. The molecule has 0 bridgehead atoms. The summed E-state index contributed by atoms with van der Waals surface area (Å²) in [6.07, 6.45) is 5.20. The van der Waals surface area contributed by atoms with E-state index in [1.165, 1.54) is 16.2 Å². The van der Waals surface area contributed by atoms with Crippen molar-refractivity contribution in [3.63, 3.8) is 0 Å². The van der Waals surface area contributed by atoms with Crippen molar-refractivity contribution in [2.45, 2.75) is 44.6 Å². The van der Waals surface area contributed by atoms with E-state index in [2.05, 4.69) is 5.32 Å². The van der Waals surface area contributed by atoms with Gasteiger partial charge in [0.05, 0.1) is 0 Å². The third-order valence-electron chi connectivity index (χ3n) is 4.57. The van der Waals surface area contributed by atoms with Gasteiger partial charge in [-0.15, -0.1) is 12.4 Å². The van der Waals surface area contributed by atoms with Gasteiger partial charge in [-0.3, -0.25) is 14.5 Å². The van der Waals surface area contributed by atoms with Gasteiger partial charge in [-0.1, -0.05) is 12.8 Å². The molecule has 3 N–H and O–H groups in total. The Morgan fingerprint density at radius 3 is 2.61 bits per heavy atom. The number of imide groups is 1. The van der Waals surface area contributed by atoms with Gasteiger partial charge >= 0.3 is 6.03 Å². The smallest absolute Gasteiger partial charge is 0.326 e. The predicted molar refractivity (Wildman–Crippen MR) is 89.2 cm³/mol. The van der Waals surface area contributed by atoms with Crippen LogP contribution < -0.4 is 11.1 Å². The molecule has 1 heterocycles. The Morgan fingerprint density at radius 1 is 1.30 bits per heavy atom. The van der Waals surface area contributed by atoms with Gasteiger partial charge in [0.25, 0.3) is 0 Å². The fourth-order valence-corrected chi connectivity index (χ4v) is 3.25. The predicted octanol–water partition coefficient (Wildman–Crippen LogP) is 0.716. The van der Waals surface area contributed by atoms with Crippen LogP contribution >= 0.6 is 12.4 Å². The molecule has 132 valence electrons. The number of halogens is 1. The first-order valence-corrected chi connectivity index (χ1v) is 8.07. The summed E-state index contributed by atoms with van der Waals surface area (Å²) >= 11 is 0. The summed E-state index contributed by atoms with van der Waals surface area (Å²) in [5.74, 6) is 0.161. The third kappa shape index (κ3) is 5.07. The number of urea groups is 1. The molecule has 1 saturated carbocycles. The number of amides is 4. The van der Waals surface area contributed by atoms with Crippen molar-refractivity contribution in [1.82, 2.24) is 15.1 Å². The fourth-order valence-electron chi connectivity index (χ4n) is 3.25. The minimum Gasteiger partial charge on any atom is -0.353 e. The minimum absolute atomic E-state index is 0. The van der Waals surface area contributed by atoms with Gasteiger partial charge in [0, 0.05) is 26.1 Å². The molecule has 7 nitrogen and oxygen atoms in total. The van der Waals surface area contributed by atoms with Gasteiger partial charge in [-0.05, 0) is 31.7 Å². The molecule has 1 saturated heterocycles. The molecule has 0 aromatic heterocycles. The maximum absolute atomic E-state index is 12.0. The molecule has 1 aliphatic carbocycles. The van der Waals surface area contributed by atoms with Gasteiger partial charge in [0.15, 0.2) is 0 Å². The average molecular weight is 347 g/mol. The highest BCUT2D eigenvalue weighted by Crippen LogP contribution is 2.23. The lowest BCUT2D eigenvalue weighted by atomic mass is 9.84. The summed E-state index contributed by atoms with van der Waals surface area (Å²) in [4.78, 5) is 38.0. The molecular weight excluding hydrogens is 320 g/mol. The van der Waals surface area contributed by atoms with Crippen LogP contribution in [0.25, 0.3) is 0 Å². The molecule has 2 aliphatic rings. The largest absolute Gasteiger partial charge is 0.353 e. The second kappa shape index (κ2) is 9.08. The van der Waals surface area contributed by atoms with E-state index in [-0.39, 0.29) is 42.8 Å². The second-order valence-electron chi connectivity index (χ2n) is 6.24. The van der Waals surface area contributed by atoms with E-state index in [9.17, 15) is 14.4 Å². The molecule has 0 aromatic carbocycles. The summed E-state index contributed by atoms with van der Waals surface area (Å²) in [7, 11) is 1.60. The molecule has 0 spiro atoms. The molecule has 2 unspecified atom stereocenters. The maximum Gasteiger partial charge on any atom is 0.326 e. The van der Waals surface area contributed by atoms with E-state index in [4.69, 9.17) is 5.73 Å². The van der Waals surface area contributed by atoms with Gasteiger partial charge in [0.1, 0.15) is 6.54 Å². The number of hydrogen-bond acceptors (Lipinski definition) is 4. The Balaban J connectivity index is 0.00000264. The molecule has 0 radical (unpaired) electrons. The fraction of sp³-hybridized carbons (Fsp3) is 0.800. The van der Waals surface area contributed by atoms with Crippen LogP contribution in [0, 0.1) is 5.92 Å². The second-order valence-corrected chi connectivity index (χ2v) is 6.24. The number of nitrogens with zero attached hydrogens (tertiary/aromatic N) is 2. The Labute approximate surface area is 143 Å². The number of carbonyl (C=O) groups is 3. The Morgan fingerprint density at radius 2 is 2.00 bits per heavy atom. The maximum atomic E-state index is 12.0. The highest BCUT2D eigenvalue weighted by molar-refractivity contribution is 6.01. The number of rotatable bonds is 6. The number of carbonyl (C=O) groups excluding carboxylic acids is 3. The molecule has 4 amide bonds. The van der Waals surface area contributed by atoms with Crippen molar-refractivity contribution in [1.29, 1.82) is 0 Å². The standard InChI is InChI=1S/C15H26N4O3.ClH/c1-18-10-14(21)19(15(18)22)8-4-7-13(20)17-12-6-3-2-5-11(12)9-16;/h11-12H,2-10,16H2,1H3,(H,17,20);1H. The number of likely N-dealkylation sites (N-methyl/N-ethyl adjacent to an activating group) is 1. The van der Waals surface area contributed by atoms with E-state index in [0.29, 0.717) is 31.8 Å². The summed E-state index contributed by atoms with van der Waals surface area (Å²) < 4.78 is 0. The topological polar surface area (TPSA) is 95.7 Å². The zero-order valence-corrected chi connectivity index (χ0v) is 14.4. The van der Waals surface area contributed by atoms with Crippen molar-refractivity contribution < 1.29 is 14.4 Å². The van der Waals surface area contributed by atoms with Crippen molar-refractivity contribution in [3.05, 3.63) is 0 Å². The van der Waals surface area contributed by atoms with Gasteiger partial charge in [-0.2, -0.15) is 0 Å². The van der Waals surface area contributed by atoms with Crippen LogP contribution in [0.3, 0.4) is 0 Å². The van der Waals surface area contributed by atoms with Crippen molar-refractivity contribution in [2.24, 2.45) is 11.7 Å². The number of hydrogen-bond donors (Lipinski definition) is 2. The Bertz CT molecular complexity index is 446. The molecule has 2 rings (SSSR count). The van der Waals surface area contributed by atoms with E-state index in [0.717, 1.165) is 19.3 Å². The van der Waals surface area contributed by atoms with E-state index < -0.39 is 0 Å². The first-order chi connectivity index (χ1) is 10.5. The first kappa shape index (κ1) is 19.7. The van der Waals surface area contributed by atoms with Crippen molar-refractivity contribution in [2.75, 3.05) is 26.7 Å². The molecule has 2 fully saturated rings. The van der Waals surface area contributed by atoms with Gasteiger partial charge in [0.2, 0.25) is 11.8 Å². The van der Waals surface area contributed by atoms with Crippen LogP contribution in [-0.4, -0.2) is 60.4 Å². The normalized spacial score (nSPS) is 24.6. The van der Waals surface area contributed by atoms with Crippen molar-refractivity contribution >= 4 is 30.3 Å². The molecular formula is C15H27ClN4O3. The van der Waals surface area contributed by atoms with E-state index in [1.54, 1.807) is 7.05 Å². The Kier molecular flexibility index (Phi) is 7.78. The van der Waals surface area contributed by atoms with E-state index in [1.807, 2.05) is 0 Å². The van der Waals surface area contributed by atoms with Crippen LogP contribution in [0.5, 0.6) is 0 Å². The van der Waals surface area contributed by atoms with Crippen LogP contribution in [0.15, 0.2) is 0 Å². The average Bonchev–Trinajstić information content (AvgIpc) is 2.74. The minimum atomic E-state index is -0.277. The number of nitrogens with two attached hydrogens (primary N) is 1.